The molecule has 0 bridgehead atoms. The van der Waals surface area contributed by atoms with Crippen molar-refractivity contribution in [3.63, 3.8) is 0 Å². The fraction of sp³-hybridized carbons (Fsp3) is 0.333. The highest BCUT2D eigenvalue weighted by Crippen LogP contribution is 2.38. The van der Waals surface area contributed by atoms with E-state index in [1.54, 1.807) is 11.0 Å². The Bertz CT molecular complexity index is 1200. The second-order valence-corrected chi connectivity index (χ2v) is 9.40. The van der Waals surface area contributed by atoms with Gasteiger partial charge in [-0.2, -0.15) is 0 Å². The first-order valence-corrected chi connectivity index (χ1v) is 11.7. The monoisotopic (exact) mass is 521 g/mol. The standard InChI is InChI=1S/C27H27ClF3NO4/c1-5-16(2)12-17(3)6-9-19-13-21-22(24(33)26(4,35)25(34)23(21)28)15-32(19)14-18-7-10-20(11-8-18)36-27(29,30)31/h6-13,15-16,35H,5,14H2,1-4H3/b9-6+,17-12+/t16-,26+/m0/s1. The molecule has 0 saturated heterocycles. The highest BCUT2D eigenvalue weighted by atomic mass is 35.5. The summed E-state index contributed by atoms with van der Waals surface area (Å²) in [5, 5.41) is 10.2. The van der Waals surface area contributed by atoms with Gasteiger partial charge in [0, 0.05) is 29.6 Å². The average Bonchev–Trinajstić information content (AvgIpc) is 2.80. The average molecular weight is 522 g/mol. The molecule has 0 radical (unpaired) electrons. The lowest BCUT2D eigenvalue weighted by atomic mass is 9.79. The van der Waals surface area contributed by atoms with Gasteiger partial charge in [-0.05, 0) is 49.6 Å². The van der Waals surface area contributed by atoms with Crippen molar-refractivity contribution < 1.29 is 32.6 Å². The van der Waals surface area contributed by atoms with Gasteiger partial charge in [0.15, 0.2) is 5.60 Å². The fourth-order valence-corrected chi connectivity index (χ4v) is 4.13. The first-order valence-electron chi connectivity index (χ1n) is 11.4. The number of aliphatic hydroxyl groups is 1. The molecular weight excluding hydrogens is 495 g/mol. The lowest BCUT2D eigenvalue weighted by molar-refractivity contribution is -0.274. The third kappa shape index (κ3) is 6.17. The molecule has 0 fully saturated rings. The molecule has 0 aromatic heterocycles. The summed E-state index contributed by atoms with van der Waals surface area (Å²) in [7, 11) is 0. The highest BCUT2D eigenvalue weighted by Gasteiger charge is 2.48. The minimum absolute atomic E-state index is 0.0747. The van der Waals surface area contributed by atoms with Crippen LogP contribution < -0.4 is 4.74 Å². The zero-order chi connectivity index (χ0) is 26.8. The first kappa shape index (κ1) is 27.5. The van der Waals surface area contributed by atoms with E-state index in [2.05, 4.69) is 24.7 Å². The molecule has 0 spiro atoms. The molecule has 0 unspecified atom stereocenters. The number of nitrogens with zero attached hydrogens (tertiary/aromatic N) is 1. The molecule has 1 heterocycles. The maximum absolute atomic E-state index is 12.9. The number of fused-ring (bicyclic) bond motifs is 1. The van der Waals surface area contributed by atoms with E-state index in [-0.39, 0.29) is 28.5 Å². The van der Waals surface area contributed by atoms with Crippen molar-refractivity contribution in [3.05, 3.63) is 87.8 Å². The molecule has 1 aromatic carbocycles. The van der Waals surface area contributed by atoms with E-state index < -0.39 is 23.5 Å². The van der Waals surface area contributed by atoms with Gasteiger partial charge >= 0.3 is 6.36 Å². The van der Waals surface area contributed by atoms with Crippen LogP contribution in [0, 0.1) is 5.92 Å². The maximum atomic E-state index is 12.9. The normalized spacial score (nSPS) is 22.0. The topological polar surface area (TPSA) is 66.8 Å². The quantitative estimate of drug-likeness (QED) is 0.346. The van der Waals surface area contributed by atoms with Crippen LogP contribution in [0.4, 0.5) is 13.2 Å². The number of hydrogen-bond donors (Lipinski definition) is 1. The molecule has 1 aromatic rings. The van der Waals surface area contributed by atoms with E-state index in [0.29, 0.717) is 17.2 Å². The Morgan fingerprint density at radius 1 is 1.22 bits per heavy atom. The largest absolute Gasteiger partial charge is 0.573 e. The molecule has 9 heteroatoms. The number of rotatable bonds is 7. The van der Waals surface area contributed by atoms with Gasteiger partial charge in [0.2, 0.25) is 11.6 Å². The lowest BCUT2D eigenvalue weighted by Gasteiger charge is -2.34. The van der Waals surface area contributed by atoms with Crippen LogP contribution in [-0.2, 0) is 16.1 Å². The molecule has 3 rings (SSSR count). The summed E-state index contributed by atoms with van der Waals surface area (Å²) >= 11 is 6.26. The summed E-state index contributed by atoms with van der Waals surface area (Å²) in [6, 6.07) is 5.37. The number of halogens is 4. The van der Waals surface area contributed by atoms with Gasteiger partial charge in [0.05, 0.1) is 5.03 Å². The molecule has 1 aliphatic heterocycles. The number of hydrogen-bond acceptors (Lipinski definition) is 5. The van der Waals surface area contributed by atoms with Gasteiger partial charge in [-0.25, -0.2) is 0 Å². The van der Waals surface area contributed by atoms with Crippen molar-refractivity contribution in [3.8, 4) is 5.75 Å². The summed E-state index contributed by atoms with van der Waals surface area (Å²) in [5.41, 5.74) is 0.245. The number of ether oxygens (including phenoxy) is 1. The van der Waals surface area contributed by atoms with E-state index in [9.17, 15) is 27.9 Å². The minimum Gasteiger partial charge on any atom is -0.406 e. The van der Waals surface area contributed by atoms with E-state index in [4.69, 9.17) is 11.6 Å². The number of carbonyl (C=O) groups excluding carboxylic acids is 2. The van der Waals surface area contributed by atoms with Crippen LogP contribution in [0.15, 0.2) is 82.2 Å². The Hall–Kier alpha value is -3.10. The molecule has 2 atom stereocenters. The van der Waals surface area contributed by atoms with Crippen LogP contribution in [-0.4, -0.2) is 33.5 Å². The molecule has 2 aliphatic rings. The number of carbonyl (C=O) groups is 2. The number of allylic oxidation sites excluding steroid dienone is 6. The van der Waals surface area contributed by atoms with Crippen LogP contribution in [0.25, 0.3) is 0 Å². The molecule has 1 aliphatic carbocycles. The second kappa shape index (κ2) is 10.5. The highest BCUT2D eigenvalue weighted by molar-refractivity contribution is 6.49. The Labute approximate surface area is 212 Å². The molecule has 192 valence electrons. The number of ketones is 2. The number of benzene rings is 1. The smallest absolute Gasteiger partial charge is 0.406 e. The summed E-state index contributed by atoms with van der Waals surface area (Å²) < 4.78 is 41.4. The summed E-state index contributed by atoms with van der Waals surface area (Å²) in [6.45, 7) is 7.42. The summed E-state index contributed by atoms with van der Waals surface area (Å²) in [6.07, 6.45) is 5.08. The third-order valence-corrected chi connectivity index (χ3v) is 6.36. The van der Waals surface area contributed by atoms with Crippen molar-refractivity contribution in [2.75, 3.05) is 0 Å². The number of Topliss-reactive ketones (excluding diaryl/α,β-unsaturated/α-hetero) is 2. The van der Waals surface area contributed by atoms with Crippen molar-refractivity contribution in [1.82, 2.24) is 4.90 Å². The third-order valence-electron chi connectivity index (χ3n) is 5.98. The zero-order valence-corrected chi connectivity index (χ0v) is 21.1. The first-order chi connectivity index (χ1) is 16.7. The predicted octanol–water partition coefficient (Wildman–Crippen LogP) is 6.11. The van der Waals surface area contributed by atoms with Crippen LogP contribution in [0.2, 0.25) is 0 Å². The zero-order valence-electron chi connectivity index (χ0n) is 20.3. The van der Waals surface area contributed by atoms with E-state index in [1.807, 2.05) is 19.1 Å². The van der Waals surface area contributed by atoms with Gasteiger partial charge < -0.3 is 14.7 Å². The van der Waals surface area contributed by atoms with Crippen LogP contribution >= 0.6 is 11.6 Å². The van der Waals surface area contributed by atoms with E-state index in [0.717, 1.165) is 18.9 Å². The van der Waals surface area contributed by atoms with Gasteiger partial charge in [-0.15, -0.1) is 13.2 Å². The molecule has 0 amide bonds. The molecule has 5 nitrogen and oxygen atoms in total. The van der Waals surface area contributed by atoms with E-state index in [1.165, 1.54) is 30.5 Å². The molecular formula is C27H27ClF3NO4. The Kier molecular flexibility index (Phi) is 8.00. The van der Waals surface area contributed by atoms with Crippen LogP contribution in [0.3, 0.4) is 0 Å². The van der Waals surface area contributed by atoms with Crippen molar-refractivity contribution in [2.45, 2.75) is 52.6 Å². The summed E-state index contributed by atoms with van der Waals surface area (Å²) in [5.74, 6) is -1.62. The van der Waals surface area contributed by atoms with Gasteiger partial charge in [-0.3, -0.25) is 9.59 Å². The molecule has 36 heavy (non-hydrogen) atoms. The van der Waals surface area contributed by atoms with Gasteiger partial charge in [0.1, 0.15) is 5.75 Å². The van der Waals surface area contributed by atoms with Crippen molar-refractivity contribution in [2.24, 2.45) is 5.92 Å². The number of alkyl halides is 3. The van der Waals surface area contributed by atoms with Gasteiger partial charge in [0.25, 0.3) is 0 Å². The maximum Gasteiger partial charge on any atom is 0.573 e. The molecule has 0 saturated carbocycles. The lowest BCUT2D eigenvalue weighted by Crippen LogP contribution is -2.48. The predicted molar refractivity (Wildman–Crippen MR) is 131 cm³/mol. The van der Waals surface area contributed by atoms with Gasteiger partial charge in [-0.1, -0.05) is 61.7 Å². The Morgan fingerprint density at radius 2 is 1.86 bits per heavy atom. The SMILES string of the molecule is CC[C@H](C)/C=C(C)/C=C/C1=CC2=C(Cl)C(=O)[C@](C)(O)C(=O)C2=CN1Cc1ccc(OC(F)(F)F)cc1. The van der Waals surface area contributed by atoms with Crippen LogP contribution in [0.5, 0.6) is 5.75 Å². The van der Waals surface area contributed by atoms with Crippen molar-refractivity contribution >= 4 is 23.2 Å². The Morgan fingerprint density at radius 3 is 2.44 bits per heavy atom. The fourth-order valence-electron chi connectivity index (χ4n) is 3.79. The van der Waals surface area contributed by atoms with Crippen LogP contribution in [0.1, 0.15) is 39.7 Å². The second-order valence-electron chi connectivity index (χ2n) is 9.02. The molecule has 1 N–H and O–H groups in total. The Balaban J connectivity index is 2.00. The van der Waals surface area contributed by atoms with Crippen molar-refractivity contribution in [1.29, 1.82) is 0 Å². The van der Waals surface area contributed by atoms with E-state index >= 15 is 0 Å². The minimum atomic E-state index is -4.79. The summed E-state index contributed by atoms with van der Waals surface area (Å²) in [4.78, 5) is 27.1.